The third-order valence-electron chi connectivity index (χ3n) is 4.16. The van der Waals surface area contributed by atoms with Crippen LogP contribution in [0.5, 0.6) is 0 Å². The molecule has 1 aliphatic heterocycles. The van der Waals surface area contributed by atoms with Gasteiger partial charge in [-0.1, -0.05) is 47.5 Å². The molecule has 0 aliphatic carbocycles. The summed E-state index contributed by atoms with van der Waals surface area (Å²) in [7, 11) is 0. The van der Waals surface area contributed by atoms with Gasteiger partial charge in [-0.25, -0.2) is 4.79 Å². The van der Waals surface area contributed by atoms with Crippen LogP contribution >= 0.6 is 23.2 Å². The van der Waals surface area contributed by atoms with Gasteiger partial charge in [0.25, 0.3) is 0 Å². The number of morpholine rings is 1. The number of amides is 2. The lowest BCUT2D eigenvalue weighted by atomic mass is 10.1. The molecule has 1 heterocycles. The minimum Gasteiger partial charge on any atom is -0.379 e. The predicted octanol–water partition coefficient (Wildman–Crippen LogP) is 4.15. The lowest BCUT2D eigenvalue weighted by molar-refractivity contribution is 0.0342. The summed E-state index contributed by atoms with van der Waals surface area (Å²) in [4.78, 5) is 14.4. The van der Waals surface area contributed by atoms with Crippen LogP contribution in [-0.4, -0.2) is 37.2 Å². The average Bonchev–Trinajstić information content (AvgIpc) is 2.65. The normalized spacial score (nSPS) is 14.8. The van der Waals surface area contributed by atoms with Crippen LogP contribution in [0.25, 0.3) is 0 Å². The van der Waals surface area contributed by atoms with Crippen LogP contribution < -0.4 is 10.6 Å². The molecule has 2 N–H and O–H groups in total. The first-order valence-electron chi connectivity index (χ1n) is 8.48. The first kappa shape index (κ1) is 19.0. The van der Waals surface area contributed by atoms with Gasteiger partial charge in [0.05, 0.1) is 23.3 Å². The molecule has 0 saturated carbocycles. The van der Waals surface area contributed by atoms with Crippen molar-refractivity contribution < 1.29 is 9.53 Å². The monoisotopic (exact) mass is 393 g/mol. The number of rotatable bonds is 5. The molecule has 0 radical (unpaired) electrons. The molecule has 1 aliphatic rings. The minimum atomic E-state index is -0.291. The van der Waals surface area contributed by atoms with Crippen molar-refractivity contribution in [2.75, 3.05) is 31.6 Å². The fourth-order valence-electron chi connectivity index (χ4n) is 2.71. The topological polar surface area (TPSA) is 53.6 Å². The van der Waals surface area contributed by atoms with Crippen LogP contribution in [0.3, 0.4) is 0 Å². The maximum atomic E-state index is 12.0. The molecule has 2 amide bonds. The molecule has 7 heteroatoms. The van der Waals surface area contributed by atoms with Crippen molar-refractivity contribution in [3.63, 3.8) is 0 Å². The van der Waals surface area contributed by atoms with Crippen molar-refractivity contribution in [2.24, 2.45) is 0 Å². The maximum Gasteiger partial charge on any atom is 0.319 e. The van der Waals surface area contributed by atoms with Gasteiger partial charge >= 0.3 is 6.03 Å². The van der Waals surface area contributed by atoms with Crippen molar-refractivity contribution in [2.45, 2.75) is 13.1 Å². The summed E-state index contributed by atoms with van der Waals surface area (Å²) in [6, 6.07) is 12.9. The SMILES string of the molecule is O=C(NCc1ccc(CN2CCOCC2)cc1)Nc1ccc(Cl)c(Cl)c1. The van der Waals surface area contributed by atoms with Crippen LogP contribution in [0.4, 0.5) is 10.5 Å². The zero-order valence-electron chi connectivity index (χ0n) is 14.3. The van der Waals surface area contributed by atoms with Crippen LogP contribution in [0.2, 0.25) is 10.0 Å². The van der Waals surface area contributed by atoms with Gasteiger partial charge in [0.15, 0.2) is 0 Å². The molecule has 0 bridgehead atoms. The molecule has 0 unspecified atom stereocenters. The molecule has 5 nitrogen and oxygen atoms in total. The Kier molecular flexibility index (Phi) is 6.74. The molecule has 3 rings (SSSR count). The van der Waals surface area contributed by atoms with Gasteiger partial charge < -0.3 is 15.4 Å². The van der Waals surface area contributed by atoms with Gasteiger partial charge in [-0.05, 0) is 29.3 Å². The van der Waals surface area contributed by atoms with E-state index in [4.69, 9.17) is 27.9 Å². The van der Waals surface area contributed by atoms with Crippen molar-refractivity contribution in [1.82, 2.24) is 10.2 Å². The summed E-state index contributed by atoms with van der Waals surface area (Å²) in [6.07, 6.45) is 0. The first-order valence-corrected chi connectivity index (χ1v) is 9.23. The lowest BCUT2D eigenvalue weighted by Crippen LogP contribution is -2.35. The summed E-state index contributed by atoms with van der Waals surface area (Å²) < 4.78 is 5.36. The second-order valence-electron chi connectivity index (χ2n) is 6.14. The number of hydrogen-bond acceptors (Lipinski definition) is 3. The minimum absolute atomic E-state index is 0.291. The Balaban J connectivity index is 1.46. The molecule has 1 fully saturated rings. The number of anilines is 1. The summed E-state index contributed by atoms with van der Waals surface area (Å²) in [5.41, 5.74) is 2.90. The maximum absolute atomic E-state index is 12.0. The fraction of sp³-hybridized carbons (Fsp3) is 0.316. The zero-order valence-corrected chi connectivity index (χ0v) is 15.8. The van der Waals surface area contributed by atoms with Crippen molar-refractivity contribution in [3.8, 4) is 0 Å². The Morgan fingerprint density at radius 1 is 1.00 bits per heavy atom. The Morgan fingerprint density at radius 2 is 1.69 bits per heavy atom. The van der Waals surface area contributed by atoms with Gasteiger partial charge in [-0.15, -0.1) is 0 Å². The molecule has 138 valence electrons. The van der Waals surface area contributed by atoms with E-state index in [1.807, 2.05) is 12.1 Å². The number of nitrogens with zero attached hydrogens (tertiary/aromatic N) is 1. The zero-order chi connectivity index (χ0) is 18.4. The van der Waals surface area contributed by atoms with E-state index in [9.17, 15) is 4.79 Å². The Morgan fingerprint density at radius 3 is 2.38 bits per heavy atom. The van der Waals surface area contributed by atoms with Crippen molar-refractivity contribution in [1.29, 1.82) is 0 Å². The van der Waals surface area contributed by atoms with Crippen molar-refractivity contribution in [3.05, 3.63) is 63.6 Å². The van der Waals surface area contributed by atoms with Gasteiger partial charge in [0.2, 0.25) is 0 Å². The summed E-state index contributed by atoms with van der Waals surface area (Å²) in [6.45, 7) is 4.92. The van der Waals surface area contributed by atoms with E-state index in [0.29, 0.717) is 22.3 Å². The third kappa shape index (κ3) is 5.61. The number of urea groups is 1. The highest BCUT2D eigenvalue weighted by atomic mass is 35.5. The fourth-order valence-corrected chi connectivity index (χ4v) is 3.01. The summed E-state index contributed by atoms with van der Waals surface area (Å²) in [5, 5.41) is 6.42. The van der Waals surface area contributed by atoms with Gasteiger partial charge in [0, 0.05) is 31.9 Å². The van der Waals surface area contributed by atoms with Gasteiger partial charge in [-0.3, -0.25) is 4.90 Å². The number of nitrogens with one attached hydrogen (secondary N) is 2. The second kappa shape index (κ2) is 9.24. The van der Waals surface area contributed by atoms with E-state index in [2.05, 4.69) is 27.7 Å². The second-order valence-corrected chi connectivity index (χ2v) is 6.96. The lowest BCUT2D eigenvalue weighted by Gasteiger charge is -2.26. The predicted molar refractivity (Wildman–Crippen MR) is 105 cm³/mol. The number of carbonyl (C=O) groups is 1. The molecule has 2 aromatic rings. The van der Waals surface area contributed by atoms with Gasteiger partial charge in [-0.2, -0.15) is 0 Å². The molecule has 0 aromatic heterocycles. The molecular weight excluding hydrogens is 373 g/mol. The number of benzene rings is 2. The van der Waals surface area contributed by atoms with E-state index in [-0.39, 0.29) is 6.03 Å². The number of carbonyl (C=O) groups excluding carboxylic acids is 1. The van der Waals surface area contributed by atoms with Crippen molar-refractivity contribution >= 4 is 34.9 Å². The highest BCUT2D eigenvalue weighted by Crippen LogP contribution is 2.24. The molecule has 0 atom stereocenters. The average molecular weight is 394 g/mol. The number of halogens is 2. The van der Waals surface area contributed by atoms with Gasteiger partial charge in [0.1, 0.15) is 0 Å². The van der Waals surface area contributed by atoms with Crippen LogP contribution in [0.1, 0.15) is 11.1 Å². The van der Waals surface area contributed by atoms with Crippen LogP contribution in [0, 0.1) is 0 Å². The quantitative estimate of drug-likeness (QED) is 0.801. The van der Waals surface area contributed by atoms with E-state index < -0.39 is 0 Å². The molecule has 2 aromatic carbocycles. The first-order chi connectivity index (χ1) is 12.6. The van der Waals surface area contributed by atoms with Crippen LogP contribution in [-0.2, 0) is 17.8 Å². The van der Waals surface area contributed by atoms with E-state index in [1.54, 1.807) is 18.2 Å². The third-order valence-corrected chi connectivity index (χ3v) is 4.90. The molecule has 26 heavy (non-hydrogen) atoms. The Hall–Kier alpha value is -1.79. The summed E-state index contributed by atoms with van der Waals surface area (Å²) in [5.74, 6) is 0. The Bertz CT molecular complexity index is 747. The standard InChI is InChI=1S/C19H21Cl2N3O2/c20-17-6-5-16(11-18(17)21)23-19(25)22-12-14-1-3-15(4-2-14)13-24-7-9-26-10-8-24/h1-6,11H,7-10,12-13H2,(H2,22,23,25). The highest BCUT2D eigenvalue weighted by Gasteiger charge is 2.10. The van der Waals surface area contributed by atoms with E-state index in [0.717, 1.165) is 38.4 Å². The van der Waals surface area contributed by atoms with Crippen LogP contribution in [0.15, 0.2) is 42.5 Å². The molecular formula is C19H21Cl2N3O2. The summed E-state index contributed by atoms with van der Waals surface area (Å²) >= 11 is 11.8. The highest BCUT2D eigenvalue weighted by molar-refractivity contribution is 6.42. The molecule has 1 saturated heterocycles. The largest absolute Gasteiger partial charge is 0.379 e. The smallest absolute Gasteiger partial charge is 0.319 e. The number of ether oxygens (including phenoxy) is 1. The molecule has 0 spiro atoms. The van der Waals surface area contributed by atoms with E-state index in [1.165, 1.54) is 5.56 Å². The van der Waals surface area contributed by atoms with E-state index >= 15 is 0 Å². The number of hydrogen-bond donors (Lipinski definition) is 2. The Labute approximate surface area is 163 Å².